The predicted octanol–water partition coefficient (Wildman–Crippen LogP) is 0.693. The monoisotopic (exact) mass is 206 g/mol. The molecule has 4 N–H and O–H groups in total. The standard InChI is InChI=1S/C10H14N4O/c1-2-15-9-5-3-4-8(6-9)7-13-14-10(11)12/h3-7H,2H2,1H3,(H4,11,12,14). The van der Waals surface area contributed by atoms with Crippen LogP contribution in [-0.4, -0.2) is 18.8 Å². The minimum Gasteiger partial charge on any atom is -0.494 e. The predicted molar refractivity (Wildman–Crippen MR) is 61.0 cm³/mol. The average Bonchev–Trinajstić information content (AvgIpc) is 2.18. The highest BCUT2D eigenvalue weighted by Gasteiger charge is 1.92. The van der Waals surface area contributed by atoms with Gasteiger partial charge in [0.1, 0.15) is 5.75 Å². The largest absolute Gasteiger partial charge is 0.494 e. The van der Waals surface area contributed by atoms with Gasteiger partial charge in [0, 0.05) is 0 Å². The minimum atomic E-state index is -0.0628. The summed E-state index contributed by atoms with van der Waals surface area (Å²) in [5, 5.41) is 7.20. The Morgan fingerprint density at radius 2 is 2.27 bits per heavy atom. The molecular formula is C10H14N4O. The molecule has 1 rings (SSSR count). The van der Waals surface area contributed by atoms with Crippen LogP contribution in [0.15, 0.2) is 34.5 Å². The number of hydrogen-bond donors (Lipinski definition) is 2. The molecule has 0 aliphatic carbocycles. The lowest BCUT2D eigenvalue weighted by Gasteiger charge is -2.02. The molecule has 0 radical (unpaired) electrons. The van der Waals surface area contributed by atoms with Gasteiger partial charge in [0.15, 0.2) is 0 Å². The number of guanidine groups is 1. The third-order valence-electron chi connectivity index (χ3n) is 1.55. The second-order valence-corrected chi connectivity index (χ2v) is 2.77. The van der Waals surface area contributed by atoms with Crippen molar-refractivity contribution < 1.29 is 4.74 Å². The summed E-state index contributed by atoms with van der Waals surface area (Å²) in [4.78, 5) is 0. The fourth-order valence-electron chi connectivity index (χ4n) is 1.01. The van der Waals surface area contributed by atoms with Crippen LogP contribution in [0.2, 0.25) is 0 Å². The van der Waals surface area contributed by atoms with Crippen molar-refractivity contribution in [2.24, 2.45) is 21.7 Å². The summed E-state index contributed by atoms with van der Waals surface area (Å²) in [7, 11) is 0. The lowest BCUT2D eigenvalue weighted by molar-refractivity contribution is 0.340. The van der Waals surface area contributed by atoms with Crippen molar-refractivity contribution >= 4 is 12.2 Å². The van der Waals surface area contributed by atoms with Crippen molar-refractivity contribution in [3.63, 3.8) is 0 Å². The summed E-state index contributed by atoms with van der Waals surface area (Å²) in [6, 6.07) is 7.49. The highest BCUT2D eigenvalue weighted by atomic mass is 16.5. The van der Waals surface area contributed by atoms with Gasteiger partial charge in [-0.3, -0.25) is 0 Å². The van der Waals surface area contributed by atoms with E-state index < -0.39 is 0 Å². The van der Waals surface area contributed by atoms with E-state index in [1.165, 1.54) is 0 Å². The van der Waals surface area contributed by atoms with Crippen LogP contribution in [0, 0.1) is 0 Å². The van der Waals surface area contributed by atoms with Crippen LogP contribution in [-0.2, 0) is 0 Å². The quantitative estimate of drug-likeness (QED) is 0.432. The number of benzene rings is 1. The SMILES string of the molecule is CCOc1cccc(C=NN=C(N)N)c1. The molecule has 0 aliphatic heterocycles. The topological polar surface area (TPSA) is 86.0 Å². The van der Waals surface area contributed by atoms with Gasteiger partial charge >= 0.3 is 0 Å². The molecule has 5 heteroatoms. The summed E-state index contributed by atoms with van der Waals surface area (Å²) >= 11 is 0. The third kappa shape index (κ3) is 4.12. The van der Waals surface area contributed by atoms with Gasteiger partial charge in [0.25, 0.3) is 0 Å². The first-order chi connectivity index (χ1) is 7.22. The first-order valence-corrected chi connectivity index (χ1v) is 4.57. The maximum absolute atomic E-state index is 5.33. The highest BCUT2D eigenvalue weighted by molar-refractivity contribution is 5.81. The van der Waals surface area contributed by atoms with Crippen LogP contribution in [0.25, 0.3) is 0 Å². The Balaban J connectivity index is 2.73. The minimum absolute atomic E-state index is 0.0628. The normalized spacial score (nSPS) is 10.2. The molecule has 0 bridgehead atoms. The summed E-state index contributed by atoms with van der Waals surface area (Å²) in [5.74, 6) is 0.735. The van der Waals surface area contributed by atoms with E-state index in [9.17, 15) is 0 Å². The van der Waals surface area contributed by atoms with Gasteiger partial charge in [0.2, 0.25) is 5.96 Å². The molecule has 1 aromatic rings. The number of nitrogens with two attached hydrogens (primary N) is 2. The molecule has 0 atom stereocenters. The lowest BCUT2D eigenvalue weighted by atomic mass is 10.2. The molecule has 0 saturated heterocycles. The molecule has 0 aromatic heterocycles. The van der Waals surface area contributed by atoms with Crippen molar-refractivity contribution in [3.05, 3.63) is 29.8 Å². The maximum atomic E-state index is 5.33. The van der Waals surface area contributed by atoms with Gasteiger partial charge in [-0.1, -0.05) is 12.1 Å². The highest BCUT2D eigenvalue weighted by Crippen LogP contribution is 2.11. The van der Waals surface area contributed by atoms with Crippen LogP contribution in [0.5, 0.6) is 5.75 Å². The van der Waals surface area contributed by atoms with Crippen molar-refractivity contribution in [1.82, 2.24) is 0 Å². The molecular weight excluding hydrogens is 192 g/mol. The Morgan fingerprint density at radius 3 is 2.93 bits per heavy atom. The van der Waals surface area contributed by atoms with Crippen LogP contribution >= 0.6 is 0 Å². The molecule has 0 fully saturated rings. The zero-order valence-electron chi connectivity index (χ0n) is 8.55. The van der Waals surface area contributed by atoms with E-state index in [2.05, 4.69) is 10.2 Å². The van der Waals surface area contributed by atoms with Crippen LogP contribution in [0.1, 0.15) is 12.5 Å². The Morgan fingerprint density at radius 1 is 1.47 bits per heavy atom. The number of ether oxygens (including phenoxy) is 1. The van der Waals surface area contributed by atoms with E-state index >= 15 is 0 Å². The summed E-state index contributed by atoms with van der Waals surface area (Å²) in [6.07, 6.45) is 1.56. The molecule has 0 aliphatic rings. The van der Waals surface area contributed by atoms with Crippen LogP contribution < -0.4 is 16.2 Å². The summed E-state index contributed by atoms with van der Waals surface area (Å²) in [6.45, 7) is 2.56. The smallest absolute Gasteiger partial charge is 0.211 e. The molecule has 0 heterocycles. The van der Waals surface area contributed by atoms with Crippen molar-refractivity contribution in [2.45, 2.75) is 6.92 Å². The van der Waals surface area contributed by atoms with Crippen LogP contribution in [0.3, 0.4) is 0 Å². The summed E-state index contributed by atoms with van der Waals surface area (Å²) < 4.78 is 5.33. The van der Waals surface area contributed by atoms with Gasteiger partial charge < -0.3 is 16.2 Å². The van der Waals surface area contributed by atoms with Gasteiger partial charge in [0.05, 0.1) is 12.8 Å². The average molecular weight is 206 g/mol. The van der Waals surface area contributed by atoms with Crippen molar-refractivity contribution in [1.29, 1.82) is 0 Å². The number of nitrogens with zero attached hydrogens (tertiary/aromatic N) is 2. The molecule has 5 nitrogen and oxygen atoms in total. The van der Waals surface area contributed by atoms with Gasteiger partial charge in [-0.05, 0) is 24.6 Å². The molecule has 0 saturated carbocycles. The summed E-state index contributed by atoms with van der Waals surface area (Å²) in [5.41, 5.74) is 11.1. The Hall–Kier alpha value is -2.04. The third-order valence-corrected chi connectivity index (χ3v) is 1.55. The lowest BCUT2D eigenvalue weighted by Crippen LogP contribution is -2.21. The van der Waals surface area contributed by atoms with Gasteiger partial charge in [-0.2, -0.15) is 5.10 Å². The Bertz CT molecular complexity index is 369. The zero-order chi connectivity index (χ0) is 11.1. The molecule has 0 spiro atoms. The van der Waals surface area contributed by atoms with E-state index in [1.54, 1.807) is 6.21 Å². The second-order valence-electron chi connectivity index (χ2n) is 2.77. The second kappa shape index (κ2) is 5.64. The first-order valence-electron chi connectivity index (χ1n) is 4.57. The zero-order valence-corrected chi connectivity index (χ0v) is 8.55. The molecule has 15 heavy (non-hydrogen) atoms. The van der Waals surface area contributed by atoms with E-state index in [0.29, 0.717) is 6.61 Å². The van der Waals surface area contributed by atoms with Crippen molar-refractivity contribution in [3.8, 4) is 5.75 Å². The molecule has 0 unspecified atom stereocenters. The molecule has 80 valence electrons. The Kier molecular flexibility index (Phi) is 4.15. The van der Waals surface area contributed by atoms with Crippen molar-refractivity contribution in [2.75, 3.05) is 6.61 Å². The fourth-order valence-corrected chi connectivity index (χ4v) is 1.01. The van der Waals surface area contributed by atoms with Crippen LogP contribution in [0.4, 0.5) is 0 Å². The maximum Gasteiger partial charge on any atom is 0.211 e. The molecule has 0 amide bonds. The fraction of sp³-hybridized carbons (Fsp3) is 0.200. The Labute approximate surface area is 88.4 Å². The molecule has 1 aromatic carbocycles. The van der Waals surface area contributed by atoms with Gasteiger partial charge in [-0.15, -0.1) is 5.10 Å². The number of hydrogen-bond acceptors (Lipinski definition) is 3. The first kappa shape index (κ1) is 11.0. The van der Waals surface area contributed by atoms with E-state index in [1.807, 2.05) is 31.2 Å². The van der Waals surface area contributed by atoms with E-state index in [4.69, 9.17) is 16.2 Å². The van der Waals surface area contributed by atoms with Gasteiger partial charge in [-0.25, -0.2) is 0 Å². The van der Waals surface area contributed by atoms with E-state index in [-0.39, 0.29) is 5.96 Å². The van der Waals surface area contributed by atoms with E-state index in [0.717, 1.165) is 11.3 Å². The number of rotatable bonds is 4.